The highest BCUT2D eigenvalue weighted by molar-refractivity contribution is 7.66. The smallest absolute Gasteiger partial charge is 0.254 e. The molecule has 1 N–H and O–H groups in total. The highest BCUT2D eigenvalue weighted by Gasteiger charge is 1.95. The number of hydrogen-bond donors (Lipinski definition) is 2. The molecule has 1 rings (SSSR count). The SMILES string of the molecule is C1CC1.O=[SH](=O)O. The molecule has 1 saturated carbocycles. The Hall–Kier alpha value is -0.0900. The van der Waals surface area contributed by atoms with Gasteiger partial charge >= 0.3 is 0 Å². The van der Waals surface area contributed by atoms with Gasteiger partial charge in [-0.3, -0.25) is 4.55 Å². The molecule has 0 aromatic rings. The molecule has 0 spiro atoms. The number of thiol groups is 1. The maximum Gasteiger partial charge on any atom is 0.254 e. The Balaban J connectivity index is 0.000000105. The van der Waals surface area contributed by atoms with Crippen LogP contribution in [0.3, 0.4) is 0 Å². The lowest BCUT2D eigenvalue weighted by molar-refractivity contribution is 0.509. The first kappa shape index (κ1) is 6.91. The van der Waals surface area contributed by atoms with Gasteiger partial charge in [-0.25, -0.2) is 8.42 Å². The van der Waals surface area contributed by atoms with E-state index in [2.05, 4.69) is 0 Å². The fourth-order valence-electron chi connectivity index (χ4n) is 0. The molecule has 7 heavy (non-hydrogen) atoms. The van der Waals surface area contributed by atoms with Gasteiger partial charge in [0, 0.05) is 0 Å². The van der Waals surface area contributed by atoms with Crippen molar-refractivity contribution in [2.24, 2.45) is 0 Å². The molecule has 0 unspecified atom stereocenters. The second kappa shape index (κ2) is 4.08. The minimum atomic E-state index is -3.12. The minimum absolute atomic E-state index is 1.50. The molecule has 0 saturated heterocycles. The molecule has 4 heteroatoms. The van der Waals surface area contributed by atoms with Crippen LogP contribution < -0.4 is 0 Å². The average molecular weight is 124 g/mol. The Morgan fingerprint density at radius 3 is 1.29 bits per heavy atom. The van der Waals surface area contributed by atoms with Gasteiger partial charge < -0.3 is 0 Å². The summed E-state index contributed by atoms with van der Waals surface area (Å²) in [4.78, 5) is 0. The summed E-state index contributed by atoms with van der Waals surface area (Å²) in [6.07, 6.45) is 4.50. The highest BCUT2D eigenvalue weighted by atomic mass is 32.2. The van der Waals surface area contributed by atoms with Gasteiger partial charge in [0.1, 0.15) is 0 Å². The van der Waals surface area contributed by atoms with Gasteiger partial charge in [0.25, 0.3) is 11.0 Å². The molecule has 3 nitrogen and oxygen atoms in total. The van der Waals surface area contributed by atoms with E-state index in [1.165, 1.54) is 19.3 Å². The molecule has 0 bridgehead atoms. The first-order valence-electron chi connectivity index (χ1n) is 2.07. The van der Waals surface area contributed by atoms with E-state index in [0.29, 0.717) is 0 Å². The van der Waals surface area contributed by atoms with E-state index in [-0.39, 0.29) is 0 Å². The van der Waals surface area contributed by atoms with E-state index in [1.54, 1.807) is 0 Å². The molecule has 0 aliphatic heterocycles. The summed E-state index contributed by atoms with van der Waals surface area (Å²) < 4.78 is 24.2. The molecule has 1 aliphatic rings. The lowest BCUT2D eigenvalue weighted by Crippen LogP contribution is -1.58. The third-order valence-electron chi connectivity index (χ3n) is 0.354. The van der Waals surface area contributed by atoms with Crippen LogP contribution >= 0.6 is 0 Å². The Morgan fingerprint density at radius 1 is 1.14 bits per heavy atom. The summed E-state index contributed by atoms with van der Waals surface area (Å²) in [5.41, 5.74) is 0. The molecule has 1 fully saturated rings. The second-order valence-corrected chi connectivity index (χ2v) is 1.77. The molecular formula is C3H8O3S. The Labute approximate surface area is 44.1 Å². The number of hydrogen-bond acceptors (Lipinski definition) is 2. The molecular weight excluding hydrogens is 116 g/mol. The molecule has 0 radical (unpaired) electrons. The van der Waals surface area contributed by atoms with Crippen molar-refractivity contribution < 1.29 is 13.0 Å². The van der Waals surface area contributed by atoms with Gasteiger partial charge in [-0.1, -0.05) is 19.3 Å². The zero-order valence-corrected chi connectivity index (χ0v) is 4.73. The Morgan fingerprint density at radius 2 is 1.29 bits per heavy atom. The normalized spacial score (nSPS) is 15.1. The van der Waals surface area contributed by atoms with Crippen LogP contribution in [0.5, 0.6) is 0 Å². The Bertz CT molecular complexity index is 83.6. The monoisotopic (exact) mass is 124 g/mol. The van der Waals surface area contributed by atoms with Crippen molar-refractivity contribution >= 4 is 11.0 Å². The van der Waals surface area contributed by atoms with E-state index in [1.807, 2.05) is 0 Å². The highest BCUT2D eigenvalue weighted by Crippen LogP contribution is 2.14. The summed E-state index contributed by atoms with van der Waals surface area (Å²) in [7, 11) is -3.12. The molecule has 44 valence electrons. The largest absolute Gasteiger partial charge is 0.288 e. The van der Waals surface area contributed by atoms with Crippen molar-refractivity contribution in [3.8, 4) is 0 Å². The minimum Gasteiger partial charge on any atom is -0.288 e. The number of rotatable bonds is 0. The van der Waals surface area contributed by atoms with Crippen molar-refractivity contribution in [2.75, 3.05) is 0 Å². The maximum atomic E-state index is 8.59. The first-order chi connectivity index (χ1) is 3.23. The van der Waals surface area contributed by atoms with E-state index < -0.39 is 11.0 Å². The second-order valence-electron chi connectivity index (χ2n) is 1.30. The fraction of sp³-hybridized carbons (Fsp3) is 1.00. The third kappa shape index (κ3) is 109. The topological polar surface area (TPSA) is 54.4 Å². The van der Waals surface area contributed by atoms with Crippen LogP contribution in [0.2, 0.25) is 0 Å². The first-order valence-corrected chi connectivity index (χ1v) is 3.20. The van der Waals surface area contributed by atoms with Crippen molar-refractivity contribution in [2.45, 2.75) is 19.3 Å². The summed E-state index contributed by atoms with van der Waals surface area (Å²) >= 11 is 0. The van der Waals surface area contributed by atoms with Gasteiger partial charge in [0.15, 0.2) is 0 Å². The van der Waals surface area contributed by atoms with Gasteiger partial charge in [0.05, 0.1) is 0 Å². The van der Waals surface area contributed by atoms with Crippen LogP contribution in [0, 0.1) is 0 Å². The van der Waals surface area contributed by atoms with Gasteiger partial charge in [-0.2, -0.15) is 0 Å². The summed E-state index contributed by atoms with van der Waals surface area (Å²) in [6.45, 7) is 0. The molecule has 0 amide bonds. The summed E-state index contributed by atoms with van der Waals surface area (Å²) in [5.74, 6) is 0. The van der Waals surface area contributed by atoms with Crippen molar-refractivity contribution in [3.05, 3.63) is 0 Å². The molecule has 0 aromatic heterocycles. The maximum absolute atomic E-state index is 8.59. The average Bonchev–Trinajstić information content (AvgIpc) is 2.02. The van der Waals surface area contributed by atoms with Gasteiger partial charge in [-0.05, 0) is 0 Å². The fourth-order valence-corrected chi connectivity index (χ4v) is 0. The standard InChI is InChI=1S/C3H6.H2O3S/c1-2-3-1;1-4(2)3/h1-3H2;4H,(H,1,2,3). The van der Waals surface area contributed by atoms with Gasteiger partial charge in [0.2, 0.25) is 0 Å². The lowest BCUT2D eigenvalue weighted by atomic mass is 11.0. The van der Waals surface area contributed by atoms with E-state index >= 15 is 0 Å². The molecule has 0 heterocycles. The van der Waals surface area contributed by atoms with Crippen LogP contribution in [-0.4, -0.2) is 13.0 Å². The molecule has 0 aromatic carbocycles. The molecule has 1 aliphatic carbocycles. The van der Waals surface area contributed by atoms with Crippen LogP contribution in [0.1, 0.15) is 19.3 Å². The van der Waals surface area contributed by atoms with Crippen LogP contribution in [-0.2, 0) is 11.0 Å². The summed E-state index contributed by atoms with van der Waals surface area (Å²) in [6, 6.07) is 0. The third-order valence-corrected chi connectivity index (χ3v) is 0.354. The predicted octanol–water partition coefficient (Wildman–Crippen LogP) is 0.241. The van der Waals surface area contributed by atoms with E-state index in [0.717, 1.165) is 0 Å². The Kier molecular flexibility index (Phi) is 4.03. The van der Waals surface area contributed by atoms with Crippen LogP contribution in [0.25, 0.3) is 0 Å². The van der Waals surface area contributed by atoms with Crippen molar-refractivity contribution in [1.82, 2.24) is 0 Å². The van der Waals surface area contributed by atoms with Crippen LogP contribution in [0.4, 0.5) is 0 Å². The van der Waals surface area contributed by atoms with E-state index in [9.17, 15) is 0 Å². The van der Waals surface area contributed by atoms with Gasteiger partial charge in [-0.15, -0.1) is 0 Å². The zero-order valence-electron chi connectivity index (χ0n) is 3.83. The zero-order chi connectivity index (χ0) is 5.70. The predicted molar refractivity (Wildman–Crippen MR) is 26.8 cm³/mol. The van der Waals surface area contributed by atoms with Crippen molar-refractivity contribution in [3.63, 3.8) is 0 Å². The van der Waals surface area contributed by atoms with E-state index in [4.69, 9.17) is 13.0 Å². The molecule has 0 atom stereocenters. The van der Waals surface area contributed by atoms with Crippen LogP contribution in [0.15, 0.2) is 0 Å². The lowest BCUT2D eigenvalue weighted by Gasteiger charge is -1.43. The quantitative estimate of drug-likeness (QED) is 0.359. The van der Waals surface area contributed by atoms with Crippen molar-refractivity contribution in [1.29, 1.82) is 0 Å². The summed E-state index contributed by atoms with van der Waals surface area (Å²) in [5, 5.41) is 0.